The molecule has 1 spiro atoms. The summed E-state index contributed by atoms with van der Waals surface area (Å²) in [4.78, 5) is 20.8. The molecule has 24 heavy (non-hydrogen) atoms. The van der Waals surface area contributed by atoms with Gasteiger partial charge in [-0.3, -0.25) is 9.69 Å². The molecule has 1 amide bonds. The van der Waals surface area contributed by atoms with Gasteiger partial charge in [-0.05, 0) is 37.6 Å². The van der Waals surface area contributed by atoms with Gasteiger partial charge < -0.3 is 4.90 Å². The Balaban J connectivity index is 1.30. The smallest absolute Gasteiger partial charge is 0.273 e. The molecule has 2 aliphatic heterocycles. The molecule has 1 aromatic carbocycles. The number of halogens is 1. The standard InChI is InChI=1S/C18H20ClN3OS/c19-15-4-2-1-3-14(15)9-21-7-5-18(6-8-21)11-22(12-18)17(23)16-10-24-13-20-16/h1-4,10,13H,5-9,11-12H2. The highest BCUT2D eigenvalue weighted by Crippen LogP contribution is 2.41. The first kappa shape index (κ1) is 16.1. The maximum Gasteiger partial charge on any atom is 0.273 e. The summed E-state index contributed by atoms with van der Waals surface area (Å²) in [5, 5.41) is 2.68. The van der Waals surface area contributed by atoms with Crippen molar-refractivity contribution in [1.29, 1.82) is 0 Å². The van der Waals surface area contributed by atoms with Crippen molar-refractivity contribution in [3.05, 3.63) is 51.4 Å². The Morgan fingerprint density at radius 3 is 2.67 bits per heavy atom. The van der Waals surface area contributed by atoms with Gasteiger partial charge in [0.2, 0.25) is 0 Å². The summed E-state index contributed by atoms with van der Waals surface area (Å²) in [6.45, 7) is 4.82. The van der Waals surface area contributed by atoms with Crippen molar-refractivity contribution in [3.63, 3.8) is 0 Å². The number of carbonyl (C=O) groups excluding carboxylic acids is 1. The van der Waals surface area contributed by atoms with Crippen LogP contribution >= 0.6 is 22.9 Å². The lowest BCUT2D eigenvalue weighted by atomic mass is 9.72. The Labute approximate surface area is 151 Å². The molecule has 0 unspecified atom stereocenters. The summed E-state index contributed by atoms with van der Waals surface area (Å²) in [5.74, 6) is 0.0837. The van der Waals surface area contributed by atoms with Gasteiger partial charge in [0.15, 0.2) is 0 Å². The third-order valence-corrected chi connectivity index (χ3v) is 6.21. The molecular formula is C18H20ClN3OS. The second kappa shape index (κ2) is 6.47. The van der Waals surface area contributed by atoms with Gasteiger partial charge in [0.05, 0.1) is 5.51 Å². The Morgan fingerprint density at radius 1 is 1.25 bits per heavy atom. The van der Waals surface area contributed by atoms with Gasteiger partial charge in [-0.15, -0.1) is 11.3 Å². The number of hydrogen-bond donors (Lipinski definition) is 0. The SMILES string of the molecule is O=C(c1cscn1)N1CC2(CCN(Cc3ccccc3Cl)CC2)C1. The minimum atomic E-state index is 0.0837. The van der Waals surface area contributed by atoms with Gasteiger partial charge in [-0.2, -0.15) is 0 Å². The number of amides is 1. The maximum atomic E-state index is 12.3. The molecule has 1 aromatic heterocycles. The zero-order valence-corrected chi connectivity index (χ0v) is 15.0. The van der Waals surface area contributed by atoms with E-state index in [1.165, 1.54) is 16.9 Å². The minimum Gasteiger partial charge on any atom is -0.336 e. The molecule has 0 aliphatic carbocycles. The Hall–Kier alpha value is -1.43. The van der Waals surface area contributed by atoms with Crippen LogP contribution in [0, 0.1) is 5.41 Å². The molecule has 3 heterocycles. The molecule has 126 valence electrons. The summed E-state index contributed by atoms with van der Waals surface area (Å²) in [6, 6.07) is 8.07. The molecule has 0 atom stereocenters. The molecule has 0 saturated carbocycles. The van der Waals surface area contributed by atoms with E-state index >= 15 is 0 Å². The number of benzene rings is 1. The van der Waals surface area contributed by atoms with E-state index in [0.717, 1.165) is 50.6 Å². The first-order valence-corrected chi connectivity index (χ1v) is 9.61. The van der Waals surface area contributed by atoms with Crippen molar-refractivity contribution >= 4 is 28.8 Å². The van der Waals surface area contributed by atoms with Gasteiger partial charge in [-0.25, -0.2) is 4.98 Å². The normalized spacial score (nSPS) is 20.1. The summed E-state index contributed by atoms with van der Waals surface area (Å²) in [6.07, 6.45) is 2.30. The summed E-state index contributed by atoms with van der Waals surface area (Å²) >= 11 is 7.74. The van der Waals surface area contributed by atoms with E-state index in [0.29, 0.717) is 11.1 Å². The Morgan fingerprint density at radius 2 is 2.00 bits per heavy atom. The highest BCUT2D eigenvalue weighted by molar-refractivity contribution is 7.07. The van der Waals surface area contributed by atoms with Crippen molar-refractivity contribution in [3.8, 4) is 0 Å². The van der Waals surface area contributed by atoms with Crippen LogP contribution in [0.25, 0.3) is 0 Å². The van der Waals surface area contributed by atoms with E-state index in [9.17, 15) is 4.79 Å². The molecule has 2 aromatic rings. The van der Waals surface area contributed by atoms with Crippen molar-refractivity contribution in [2.75, 3.05) is 26.2 Å². The number of hydrogen-bond acceptors (Lipinski definition) is 4. The molecular weight excluding hydrogens is 342 g/mol. The monoisotopic (exact) mass is 361 g/mol. The molecule has 0 radical (unpaired) electrons. The lowest BCUT2D eigenvalue weighted by Crippen LogP contribution is -2.61. The quantitative estimate of drug-likeness (QED) is 0.839. The highest BCUT2D eigenvalue weighted by Gasteiger charge is 2.46. The number of rotatable bonds is 3. The van der Waals surface area contributed by atoms with Crippen LogP contribution in [-0.2, 0) is 6.54 Å². The predicted molar refractivity (Wildman–Crippen MR) is 96.4 cm³/mol. The molecule has 6 heteroatoms. The number of piperidine rings is 1. The number of nitrogens with zero attached hydrogens (tertiary/aromatic N) is 3. The van der Waals surface area contributed by atoms with Crippen molar-refractivity contribution in [1.82, 2.24) is 14.8 Å². The second-order valence-electron chi connectivity index (χ2n) is 6.90. The van der Waals surface area contributed by atoms with Crippen LogP contribution < -0.4 is 0 Å². The van der Waals surface area contributed by atoms with E-state index in [2.05, 4.69) is 16.0 Å². The van der Waals surface area contributed by atoms with Crippen LogP contribution in [-0.4, -0.2) is 46.9 Å². The topological polar surface area (TPSA) is 36.4 Å². The van der Waals surface area contributed by atoms with Crippen molar-refractivity contribution in [2.24, 2.45) is 5.41 Å². The van der Waals surface area contributed by atoms with Crippen LogP contribution in [0.2, 0.25) is 5.02 Å². The number of aromatic nitrogens is 1. The Bertz CT molecular complexity index is 718. The van der Waals surface area contributed by atoms with E-state index in [-0.39, 0.29) is 5.91 Å². The Kier molecular flexibility index (Phi) is 4.33. The van der Waals surface area contributed by atoms with E-state index in [1.807, 2.05) is 28.5 Å². The van der Waals surface area contributed by atoms with Gasteiger partial charge >= 0.3 is 0 Å². The average Bonchev–Trinajstić information content (AvgIpc) is 3.10. The van der Waals surface area contributed by atoms with Gasteiger partial charge in [0.1, 0.15) is 5.69 Å². The lowest BCUT2D eigenvalue weighted by Gasteiger charge is -2.53. The first-order chi connectivity index (χ1) is 11.7. The molecule has 2 saturated heterocycles. The number of carbonyl (C=O) groups is 1. The second-order valence-corrected chi connectivity index (χ2v) is 8.03. The number of thiazole rings is 1. The average molecular weight is 362 g/mol. The van der Waals surface area contributed by atoms with Gasteiger partial charge in [0, 0.05) is 35.5 Å². The fourth-order valence-electron chi connectivity index (χ4n) is 3.76. The predicted octanol–water partition coefficient (Wildman–Crippen LogP) is 3.53. The number of likely N-dealkylation sites (tertiary alicyclic amines) is 2. The molecule has 0 N–H and O–H groups in total. The molecule has 2 fully saturated rings. The van der Waals surface area contributed by atoms with Crippen LogP contribution in [0.1, 0.15) is 28.9 Å². The van der Waals surface area contributed by atoms with Crippen molar-refractivity contribution in [2.45, 2.75) is 19.4 Å². The highest BCUT2D eigenvalue weighted by atomic mass is 35.5. The van der Waals surface area contributed by atoms with E-state index in [4.69, 9.17) is 11.6 Å². The van der Waals surface area contributed by atoms with Gasteiger partial charge in [-0.1, -0.05) is 29.8 Å². The molecule has 2 aliphatic rings. The third kappa shape index (κ3) is 3.08. The van der Waals surface area contributed by atoms with Crippen LogP contribution in [0.4, 0.5) is 0 Å². The fourth-order valence-corrected chi connectivity index (χ4v) is 4.48. The fraction of sp³-hybridized carbons (Fsp3) is 0.444. The zero-order chi connectivity index (χ0) is 16.6. The van der Waals surface area contributed by atoms with E-state index < -0.39 is 0 Å². The zero-order valence-electron chi connectivity index (χ0n) is 13.4. The first-order valence-electron chi connectivity index (χ1n) is 8.28. The molecule has 0 bridgehead atoms. The molecule has 4 rings (SSSR count). The lowest BCUT2D eigenvalue weighted by molar-refractivity contribution is -0.0338. The molecule has 4 nitrogen and oxygen atoms in total. The summed E-state index contributed by atoms with van der Waals surface area (Å²) in [5.41, 5.74) is 3.83. The van der Waals surface area contributed by atoms with Crippen LogP contribution in [0.15, 0.2) is 35.2 Å². The summed E-state index contributed by atoms with van der Waals surface area (Å²) < 4.78 is 0. The van der Waals surface area contributed by atoms with Gasteiger partial charge in [0.25, 0.3) is 5.91 Å². The van der Waals surface area contributed by atoms with E-state index in [1.54, 1.807) is 5.51 Å². The maximum absolute atomic E-state index is 12.3. The van der Waals surface area contributed by atoms with Crippen molar-refractivity contribution < 1.29 is 4.79 Å². The summed E-state index contributed by atoms with van der Waals surface area (Å²) in [7, 11) is 0. The third-order valence-electron chi connectivity index (χ3n) is 5.26. The largest absolute Gasteiger partial charge is 0.336 e. The minimum absolute atomic E-state index is 0.0837. The van der Waals surface area contributed by atoms with Crippen LogP contribution in [0.5, 0.6) is 0 Å². The van der Waals surface area contributed by atoms with Crippen LogP contribution in [0.3, 0.4) is 0 Å².